The number of amides is 1. The number of hydrogen-bond acceptors (Lipinski definition) is 7. The Morgan fingerprint density at radius 1 is 1.08 bits per heavy atom. The molecular weight excluding hydrogens is 356 g/mol. The van der Waals surface area contributed by atoms with E-state index in [1.54, 1.807) is 45.0 Å². The van der Waals surface area contributed by atoms with Crippen LogP contribution in [-0.4, -0.2) is 31.1 Å². The van der Waals surface area contributed by atoms with E-state index in [0.29, 0.717) is 11.3 Å². The lowest BCUT2D eigenvalue weighted by Crippen LogP contribution is -2.16. The average Bonchev–Trinajstić information content (AvgIpc) is 2.90. The molecule has 1 aromatic carbocycles. The topological polar surface area (TPSA) is 108 Å². The number of nitrogen functional groups attached to an aromatic ring is 1. The van der Waals surface area contributed by atoms with E-state index in [4.69, 9.17) is 15.2 Å². The number of benzene rings is 1. The number of hydrogen-bond donors (Lipinski definition) is 2. The predicted molar refractivity (Wildman–Crippen MR) is 99.8 cm³/mol. The Balaban J connectivity index is 2.31. The van der Waals surface area contributed by atoms with Crippen molar-refractivity contribution in [1.82, 2.24) is 0 Å². The Morgan fingerprint density at radius 2 is 1.69 bits per heavy atom. The van der Waals surface area contributed by atoms with Gasteiger partial charge < -0.3 is 20.5 Å². The maximum Gasteiger partial charge on any atom is 0.341 e. The standard InChI is InChI=1S/C18H20N2O5S/c1-4-24-17(22)11-8-6-7-9-12(11)20-16(21)14-10(3)13(15(19)26-14)18(23)25-5-2/h6-9H,4-5,19H2,1-3H3,(H,20,21). The van der Waals surface area contributed by atoms with Gasteiger partial charge in [-0.15, -0.1) is 11.3 Å². The normalized spacial score (nSPS) is 10.3. The number of anilines is 2. The van der Waals surface area contributed by atoms with Gasteiger partial charge in [-0.2, -0.15) is 0 Å². The van der Waals surface area contributed by atoms with E-state index in [9.17, 15) is 14.4 Å². The fourth-order valence-electron chi connectivity index (χ4n) is 2.37. The van der Waals surface area contributed by atoms with Crippen molar-refractivity contribution in [3.05, 3.63) is 45.8 Å². The minimum atomic E-state index is -0.565. The Morgan fingerprint density at radius 3 is 2.35 bits per heavy atom. The zero-order chi connectivity index (χ0) is 19.3. The molecule has 0 saturated heterocycles. The molecule has 0 aliphatic carbocycles. The first-order valence-electron chi connectivity index (χ1n) is 8.04. The fourth-order valence-corrected chi connectivity index (χ4v) is 3.32. The Labute approximate surface area is 155 Å². The highest BCUT2D eigenvalue weighted by Gasteiger charge is 2.25. The van der Waals surface area contributed by atoms with Crippen LogP contribution in [0, 0.1) is 6.92 Å². The number of thiophene rings is 1. The summed E-state index contributed by atoms with van der Waals surface area (Å²) in [4.78, 5) is 37.0. The zero-order valence-electron chi connectivity index (χ0n) is 14.8. The minimum Gasteiger partial charge on any atom is -0.462 e. The number of nitrogens with one attached hydrogen (secondary N) is 1. The monoisotopic (exact) mass is 376 g/mol. The second-order valence-electron chi connectivity index (χ2n) is 5.24. The molecule has 0 atom stereocenters. The van der Waals surface area contributed by atoms with E-state index >= 15 is 0 Å². The summed E-state index contributed by atoms with van der Waals surface area (Å²) in [5, 5.41) is 2.89. The summed E-state index contributed by atoms with van der Waals surface area (Å²) in [6, 6.07) is 6.53. The molecule has 1 aromatic heterocycles. The molecule has 1 heterocycles. The van der Waals surface area contributed by atoms with Gasteiger partial charge in [0.15, 0.2) is 0 Å². The maximum absolute atomic E-state index is 12.7. The highest BCUT2D eigenvalue weighted by atomic mass is 32.1. The first kappa shape index (κ1) is 19.5. The molecule has 0 aliphatic rings. The third kappa shape index (κ3) is 4.02. The molecule has 0 bridgehead atoms. The van der Waals surface area contributed by atoms with E-state index in [2.05, 4.69) is 5.32 Å². The number of nitrogens with two attached hydrogens (primary N) is 1. The van der Waals surface area contributed by atoms with Crippen LogP contribution in [0.3, 0.4) is 0 Å². The van der Waals surface area contributed by atoms with Crippen LogP contribution in [0.1, 0.15) is 49.8 Å². The van der Waals surface area contributed by atoms with Gasteiger partial charge in [-0.25, -0.2) is 9.59 Å². The van der Waals surface area contributed by atoms with Crippen LogP contribution in [0.15, 0.2) is 24.3 Å². The van der Waals surface area contributed by atoms with Crippen LogP contribution in [-0.2, 0) is 9.47 Å². The summed E-state index contributed by atoms with van der Waals surface area (Å²) in [6.07, 6.45) is 0. The number of carbonyl (C=O) groups is 3. The van der Waals surface area contributed by atoms with Crippen LogP contribution >= 0.6 is 11.3 Å². The summed E-state index contributed by atoms with van der Waals surface area (Å²) in [5.41, 5.74) is 7.09. The average molecular weight is 376 g/mol. The smallest absolute Gasteiger partial charge is 0.341 e. The number of carbonyl (C=O) groups excluding carboxylic acids is 3. The van der Waals surface area contributed by atoms with Crippen molar-refractivity contribution in [1.29, 1.82) is 0 Å². The largest absolute Gasteiger partial charge is 0.462 e. The van der Waals surface area contributed by atoms with E-state index in [-0.39, 0.29) is 34.2 Å². The van der Waals surface area contributed by atoms with Gasteiger partial charge in [0.05, 0.1) is 34.9 Å². The van der Waals surface area contributed by atoms with Crippen molar-refractivity contribution >= 4 is 39.9 Å². The third-order valence-electron chi connectivity index (χ3n) is 3.53. The van der Waals surface area contributed by atoms with Crippen LogP contribution in [0.4, 0.5) is 10.7 Å². The highest BCUT2D eigenvalue weighted by molar-refractivity contribution is 7.18. The number of para-hydroxylation sites is 1. The van der Waals surface area contributed by atoms with Crippen LogP contribution in [0.25, 0.3) is 0 Å². The molecule has 26 heavy (non-hydrogen) atoms. The summed E-state index contributed by atoms with van der Waals surface area (Å²) in [5.74, 6) is -1.56. The van der Waals surface area contributed by atoms with Gasteiger partial charge >= 0.3 is 11.9 Å². The molecule has 0 fully saturated rings. The quantitative estimate of drug-likeness (QED) is 0.749. The van der Waals surface area contributed by atoms with Crippen molar-refractivity contribution in [2.24, 2.45) is 0 Å². The van der Waals surface area contributed by atoms with Gasteiger partial charge in [-0.3, -0.25) is 4.79 Å². The van der Waals surface area contributed by atoms with Crippen molar-refractivity contribution in [2.45, 2.75) is 20.8 Å². The summed E-state index contributed by atoms with van der Waals surface area (Å²) in [7, 11) is 0. The summed E-state index contributed by atoms with van der Waals surface area (Å²) >= 11 is 0.996. The molecule has 1 amide bonds. The lowest BCUT2D eigenvalue weighted by molar-refractivity contribution is 0.0517. The van der Waals surface area contributed by atoms with Gasteiger partial charge in [0.2, 0.25) is 0 Å². The molecule has 3 N–H and O–H groups in total. The van der Waals surface area contributed by atoms with Crippen molar-refractivity contribution in [2.75, 3.05) is 24.3 Å². The maximum atomic E-state index is 12.7. The number of rotatable bonds is 6. The zero-order valence-corrected chi connectivity index (χ0v) is 15.6. The summed E-state index contributed by atoms with van der Waals surface area (Å²) in [6.45, 7) is 5.46. The highest BCUT2D eigenvalue weighted by Crippen LogP contribution is 2.32. The Hall–Kier alpha value is -2.87. The van der Waals surface area contributed by atoms with Crippen LogP contribution in [0.2, 0.25) is 0 Å². The predicted octanol–water partition coefficient (Wildman–Crippen LogP) is 3.24. The molecule has 2 aromatic rings. The number of esters is 2. The van der Waals surface area contributed by atoms with Crippen molar-refractivity contribution in [3.8, 4) is 0 Å². The molecule has 138 valence electrons. The summed E-state index contributed by atoms with van der Waals surface area (Å²) < 4.78 is 9.97. The lowest BCUT2D eigenvalue weighted by Gasteiger charge is -2.10. The fraction of sp³-hybridized carbons (Fsp3) is 0.278. The minimum absolute atomic E-state index is 0.195. The second-order valence-corrected chi connectivity index (χ2v) is 6.29. The van der Waals surface area contributed by atoms with Crippen molar-refractivity contribution in [3.63, 3.8) is 0 Å². The van der Waals surface area contributed by atoms with E-state index in [1.807, 2.05) is 0 Å². The molecule has 0 saturated carbocycles. The van der Waals surface area contributed by atoms with E-state index in [0.717, 1.165) is 11.3 Å². The van der Waals surface area contributed by atoms with E-state index in [1.165, 1.54) is 0 Å². The molecule has 0 aliphatic heterocycles. The van der Waals surface area contributed by atoms with Crippen LogP contribution in [0.5, 0.6) is 0 Å². The first-order valence-corrected chi connectivity index (χ1v) is 8.85. The van der Waals surface area contributed by atoms with Crippen LogP contribution < -0.4 is 11.1 Å². The van der Waals surface area contributed by atoms with E-state index < -0.39 is 17.8 Å². The van der Waals surface area contributed by atoms with Gasteiger partial charge in [-0.05, 0) is 38.5 Å². The number of ether oxygens (including phenoxy) is 2. The molecule has 0 radical (unpaired) electrons. The van der Waals surface area contributed by atoms with Gasteiger partial charge in [-0.1, -0.05) is 12.1 Å². The van der Waals surface area contributed by atoms with Crippen molar-refractivity contribution < 1.29 is 23.9 Å². The van der Waals surface area contributed by atoms with Gasteiger partial charge in [0.1, 0.15) is 5.00 Å². The third-order valence-corrected chi connectivity index (χ3v) is 4.65. The lowest BCUT2D eigenvalue weighted by atomic mass is 10.1. The molecular formula is C18H20N2O5S. The SMILES string of the molecule is CCOC(=O)c1ccccc1NC(=O)c1sc(N)c(C(=O)OCC)c1C. The Bertz CT molecular complexity index is 844. The molecule has 7 nitrogen and oxygen atoms in total. The molecule has 0 spiro atoms. The van der Waals surface area contributed by atoms with Gasteiger partial charge in [0, 0.05) is 0 Å². The second kappa shape index (κ2) is 8.48. The molecule has 0 unspecified atom stereocenters. The molecule has 8 heteroatoms. The Kier molecular flexibility index (Phi) is 6.35. The first-order chi connectivity index (χ1) is 12.4. The van der Waals surface area contributed by atoms with Gasteiger partial charge in [0.25, 0.3) is 5.91 Å². The molecule has 2 rings (SSSR count).